The van der Waals surface area contributed by atoms with Crippen LogP contribution in [0, 0.1) is 0 Å². The molecule has 0 aromatic heterocycles. The Balaban J connectivity index is 2.42. The molecule has 0 radical (unpaired) electrons. The van der Waals surface area contributed by atoms with E-state index in [0.29, 0.717) is 11.4 Å². The minimum Gasteiger partial charge on any atom is -0.493 e. The quantitative estimate of drug-likeness (QED) is 0.756. The smallest absolute Gasteiger partial charge is 0.331 e. The van der Waals surface area contributed by atoms with Gasteiger partial charge in [-0.3, -0.25) is 4.79 Å². The monoisotopic (exact) mass is 249 g/mol. The number of carboxylic acids is 1. The Morgan fingerprint density at radius 2 is 1.94 bits per heavy atom. The van der Waals surface area contributed by atoms with E-state index in [1.165, 1.54) is 6.92 Å². The first-order valence-corrected chi connectivity index (χ1v) is 5.40. The molecule has 18 heavy (non-hydrogen) atoms. The van der Waals surface area contributed by atoms with Crippen molar-refractivity contribution in [2.24, 2.45) is 0 Å². The number of hydrogen-bond acceptors (Lipinski definition) is 3. The van der Waals surface area contributed by atoms with Crippen molar-refractivity contribution in [2.45, 2.75) is 13.3 Å². The zero-order chi connectivity index (χ0) is 13.5. The summed E-state index contributed by atoms with van der Waals surface area (Å²) >= 11 is 0. The molecule has 0 saturated carbocycles. The third-order valence-electron chi connectivity index (χ3n) is 2.15. The summed E-state index contributed by atoms with van der Waals surface area (Å²) in [6, 6.07) is 6.83. The lowest BCUT2D eigenvalue weighted by atomic mass is 10.2. The van der Waals surface area contributed by atoms with Crippen LogP contribution in [0.15, 0.2) is 36.4 Å². The summed E-state index contributed by atoms with van der Waals surface area (Å²) in [5, 5.41) is 11.2. The van der Waals surface area contributed by atoms with Crippen LogP contribution in [0.4, 0.5) is 5.69 Å². The molecule has 0 heterocycles. The fourth-order valence-electron chi connectivity index (χ4n) is 1.24. The molecule has 1 rings (SSSR count). The minimum absolute atomic E-state index is 0.116. The molecule has 2 N–H and O–H groups in total. The van der Waals surface area contributed by atoms with Crippen molar-refractivity contribution in [3.8, 4) is 5.75 Å². The molecule has 0 spiro atoms. The molecule has 5 nitrogen and oxygen atoms in total. The fraction of sp³-hybridized carbons (Fsp3) is 0.231. The van der Waals surface area contributed by atoms with E-state index in [-0.39, 0.29) is 24.5 Å². The van der Waals surface area contributed by atoms with Crippen molar-refractivity contribution in [3.05, 3.63) is 36.4 Å². The summed E-state index contributed by atoms with van der Waals surface area (Å²) in [6.07, 6.45) is 0.267. The number of anilines is 1. The first-order chi connectivity index (χ1) is 8.49. The number of ether oxygens (including phenoxy) is 1. The van der Waals surface area contributed by atoms with Gasteiger partial charge in [0.25, 0.3) is 0 Å². The van der Waals surface area contributed by atoms with Crippen molar-refractivity contribution in [3.63, 3.8) is 0 Å². The number of hydrogen-bond donors (Lipinski definition) is 2. The predicted octanol–water partition coefficient (Wildman–Crippen LogP) is 2.05. The third-order valence-corrected chi connectivity index (χ3v) is 2.15. The molecule has 1 amide bonds. The molecule has 1 aromatic carbocycles. The Morgan fingerprint density at radius 1 is 1.33 bits per heavy atom. The maximum Gasteiger partial charge on any atom is 0.331 e. The molecule has 0 atom stereocenters. The first-order valence-electron chi connectivity index (χ1n) is 5.40. The largest absolute Gasteiger partial charge is 0.493 e. The van der Waals surface area contributed by atoms with Crippen molar-refractivity contribution in [1.82, 2.24) is 0 Å². The molecule has 0 unspecified atom stereocenters. The molecule has 1 aromatic rings. The van der Waals surface area contributed by atoms with Gasteiger partial charge in [0.15, 0.2) is 0 Å². The minimum atomic E-state index is -1.01. The van der Waals surface area contributed by atoms with Crippen LogP contribution in [0.5, 0.6) is 5.75 Å². The van der Waals surface area contributed by atoms with Gasteiger partial charge >= 0.3 is 5.97 Å². The summed E-state index contributed by atoms with van der Waals surface area (Å²) in [7, 11) is 0. The van der Waals surface area contributed by atoms with Crippen LogP contribution < -0.4 is 10.1 Å². The Hall–Kier alpha value is -2.30. The Labute approximate surface area is 105 Å². The molecule has 0 aliphatic carbocycles. The van der Waals surface area contributed by atoms with Crippen molar-refractivity contribution in [2.75, 3.05) is 11.9 Å². The van der Waals surface area contributed by atoms with E-state index < -0.39 is 5.97 Å². The topological polar surface area (TPSA) is 75.6 Å². The second-order valence-corrected chi connectivity index (χ2v) is 3.71. The summed E-state index contributed by atoms with van der Waals surface area (Å²) < 4.78 is 5.35. The number of nitrogens with one attached hydrogen (secondary N) is 1. The predicted molar refractivity (Wildman–Crippen MR) is 67.6 cm³/mol. The second-order valence-electron chi connectivity index (χ2n) is 3.71. The van der Waals surface area contributed by atoms with Crippen LogP contribution in [0.25, 0.3) is 0 Å². The van der Waals surface area contributed by atoms with E-state index in [4.69, 9.17) is 9.84 Å². The lowest BCUT2D eigenvalue weighted by Gasteiger charge is -2.07. The van der Waals surface area contributed by atoms with Gasteiger partial charge in [-0.1, -0.05) is 6.58 Å². The Bertz CT molecular complexity index is 451. The van der Waals surface area contributed by atoms with Crippen LogP contribution in [0.2, 0.25) is 0 Å². The van der Waals surface area contributed by atoms with E-state index in [0.717, 1.165) is 0 Å². The van der Waals surface area contributed by atoms with Gasteiger partial charge < -0.3 is 15.2 Å². The van der Waals surface area contributed by atoms with Crippen LogP contribution in [0.3, 0.4) is 0 Å². The number of aliphatic carboxylic acids is 1. The molecular formula is C13H15NO4. The van der Waals surface area contributed by atoms with Crippen LogP contribution in [0.1, 0.15) is 13.3 Å². The molecule has 0 aliphatic rings. The SMILES string of the molecule is C=C(CCOc1ccc(NC(C)=O)cc1)C(=O)O. The number of amides is 1. The first kappa shape index (κ1) is 13.8. The van der Waals surface area contributed by atoms with E-state index in [9.17, 15) is 9.59 Å². The normalized spacial score (nSPS) is 9.61. The van der Waals surface area contributed by atoms with Crippen molar-refractivity contribution >= 4 is 17.6 Å². The van der Waals surface area contributed by atoms with Gasteiger partial charge in [-0.15, -0.1) is 0 Å². The van der Waals surface area contributed by atoms with E-state index in [1.54, 1.807) is 24.3 Å². The molecule has 0 fully saturated rings. The van der Waals surface area contributed by atoms with Crippen LogP contribution in [-0.4, -0.2) is 23.6 Å². The van der Waals surface area contributed by atoms with Crippen molar-refractivity contribution in [1.29, 1.82) is 0 Å². The van der Waals surface area contributed by atoms with Gasteiger partial charge in [0, 0.05) is 24.6 Å². The molecule has 0 aliphatic heterocycles. The van der Waals surface area contributed by atoms with Gasteiger partial charge in [0.1, 0.15) is 5.75 Å². The number of carboxylic acid groups (broad SMARTS) is 1. The standard InChI is InChI=1S/C13H15NO4/c1-9(13(16)17)7-8-18-12-5-3-11(4-6-12)14-10(2)15/h3-6H,1,7-8H2,2H3,(H,14,15)(H,16,17). The zero-order valence-electron chi connectivity index (χ0n) is 10.1. The zero-order valence-corrected chi connectivity index (χ0v) is 10.1. The van der Waals surface area contributed by atoms with Gasteiger partial charge in [0.2, 0.25) is 5.91 Å². The highest BCUT2D eigenvalue weighted by molar-refractivity contribution is 5.88. The van der Waals surface area contributed by atoms with Gasteiger partial charge in [-0.2, -0.15) is 0 Å². The Morgan fingerprint density at radius 3 is 2.44 bits per heavy atom. The average Bonchev–Trinajstić information content (AvgIpc) is 2.30. The highest BCUT2D eigenvalue weighted by Gasteiger charge is 2.03. The average molecular weight is 249 g/mol. The highest BCUT2D eigenvalue weighted by atomic mass is 16.5. The third kappa shape index (κ3) is 4.69. The van der Waals surface area contributed by atoms with Crippen LogP contribution >= 0.6 is 0 Å². The van der Waals surface area contributed by atoms with Crippen molar-refractivity contribution < 1.29 is 19.4 Å². The maximum absolute atomic E-state index is 10.8. The van der Waals surface area contributed by atoms with E-state index in [1.807, 2.05) is 0 Å². The van der Waals surface area contributed by atoms with Gasteiger partial charge in [-0.05, 0) is 24.3 Å². The lowest BCUT2D eigenvalue weighted by molar-refractivity contribution is -0.132. The molecular weight excluding hydrogens is 234 g/mol. The van der Waals surface area contributed by atoms with Crippen LogP contribution in [-0.2, 0) is 9.59 Å². The highest BCUT2D eigenvalue weighted by Crippen LogP contribution is 2.16. The summed E-state index contributed by atoms with van der Waals surface area (Å²) in [5.74, 6) is -0.539. The number of carbonyl (C=O) groups excluding carboxylic acids is 1. The van der Waals surface area contributed by atoms with E-state index in [2.05, 4.69) is 11.9 Å². The molecule has 0 saturated heterocycles. The van der Waals surface area contributed by atoms with E-state index >= 15 is 0 Å². The van der Waals surface area contributed by atoms with Gasteiger partial charge in [-0.25, -0.2) is 4.79 Å². The lowest BCUT2D eigenvalue weighted by Crippen LogP contribution is -2.06. The number of benzene rings is 1. The fourth-order valence-corrected chi connectivity index (χ4v) is 1.24. The van der Waals surface area contributed by atoms with Gasteiger partial charge in [0.05, 0.1) is 6.61 Å². The summed E-state index contributed by atoms with van der Waals surface area (Å²) in [4.78, 5) is 21.3. The Kier molecular flexibility index (Phi) is 4.92. The number of rotatable bonds is 6. The maximum atomic E-state index is 10.8. The molecule has 0 bridgehead atoms. The second kappa shape index (κ2) is 6.44. The summed E-state index contributed by atoms with van der Waals surface area (Å²) in [5.41, 5.74) is 0.801. The molecule has 5 heteroatoms. The summed E-state index contributed by atoms with van der Waals surface area (Å²) in [6.45, 7) is 5.09. The molecule has 96 valence electrons. The number of carbonyl (C=O) groups is 2.